The van der Waals surface area contributed by atoms with Gasteiger partial charge in [-0.3, -0.25) is 4.57 Å². The van der Waals surface area contributed by atoms with Gasteiger partial charge >= 0.3 is 5.69 Å². The normalized spacial score (nSPS) is 11.3. The molecule has 0 unspecified atom stereocenters. The molecule has 0 aliphatic rings. The van der Waals surface area contributed by atoms with Gasteiger partial charge in [-0.2, -0.15) is 4.98 Å². The molecule has 0 saturated carbocycles. The van der Waals surface area contributed by atoms with E-state index in [0.717, 1.165) is 22.0 Å². The number of halogens is 1. The molecule has 4 heteroatoms. The Morgan fingerprint density at radius 2 is 1.82 bits per heavy atom. The average molecular weight is 313 g/mol. The molecule has 1 aromatic heterocycles. The maximum absolute atomic E-state index is 12.5. The predicted octanol–water partition coefficient (Wildman–Crippen LogP) is 4.61. The van der Waals surface area contributed by atoms with Crippen molar-refractivity contribution in [3.63, 3.8) is 0 Å². The first-order valence-corrected chi connectivity index (χ1v) is 7.64. The van der Waals surface area contributed by atoms with Crippen LogP contribution in [-0.2, 0) is 0 Å². The van der Waals surface area contributed by atoms with Crippen molar-refractivity contribution in [1.82, 2.24) is 9.55 Å². The summed E-state index contributed by atoms with van der Waals surface area (Å²) in [6.45, 7) is 5.90. The van der Waals surface area contributed by atoms with Crippen molar-refractivity contribution < 1.29 is 0 Å². The third-order valence-electron chi connectivity index (χ3n) is 3.77. The maximum atomic E-state index is 12.5. The molecule has 0 atom stereocenters. The topological polar surface area (TPSA) is 34.9 Å². The number of aryl methyl sites for hydroxylation is 1. The third kappa shape index (κ3) is 2.42. The molecule has 3 nitrogen and oxygen atoms in total. The number of rotatable bonds is 2. The van der Waals surface area contributed by atoms with E-state index in [-0.39, 0.29) is 11.7 Å². The Labute approximate surface area is 134 Å². The van der Waals surface area contributed by atoms with Crippen molar-refractivity contribution in [3.05, 3.63) is 63.5 Å². The molecule has 0 fully saturated rings. The van der Waals surface area contributed by atoms with Gasteiger partial charge in [0.1, 0.15) is 0 Å². The lowest BCUT2D eigenvalue weighted by Gasteiger charge is -2.16. The minimum Gasteiger partial charge on any atom is -0.289 e. The smallest absolute Gasteiger partial charge is 0.289 e. The SMILES string of the molecule is Cc1cc2c(-c3ccccc3)nc(=O)n(C(C)C)c2cc1Cl. The summed E-state index contributed by atoms with van der Waals surface area (Å²) in [6, 6.07) is 13.6. The van der Waals surface area contributed by atoms with E-state index in [1.54, 1.807) is 4.57 Å². The fourth-order valence-electron chi connectivity index (χ4n) is 2.69. The Hall–Kier alpha value is -2.13. The van der Waals surface area contributed by atoms with Crippen molar-refractivity contribution in [2.75, 3.05) is 0 Å². The van der Waals surface area contributed by atoms with Gasteiger partial charge in [-0.15, -0.1) is 0 Å². The summed E-state index contributed by atoms with van der Waals surface area (Å²) in [5, 5.41) is 1.60. The van der Waals surface area contributed by atoms with Crippen LogP contribution in [0.1, 0.15) is 25.5 Å². The Balaban J connectivity index is 2.48. The summed E-state index contributed by atoms with van der Waals surface area (Å²) in [5.74, 6) is 0. The molecule has 0 aliphatic carbocycles. The van der Waals surface area contributed by atoms with Gasteiger partial charge in [-0.05, 0) is 38.5 Å². The minimum atomic E-state index is -0.249. The summed E-state index contributed by atoms with van der Waals surface area (Å²) in [7, 11) is 0. The zero-order valence-electron chi connectivity index (χ0n) is 12.8. The second-order valence-corrected chi connectivity index (χ2v) is 6.10. The number of hydrogen-bond donors (Lipinski definition) is 0. The highest BCUT2D eigenvalue weighted by Crippen LogP contribution is 2.30. The zero-order valence-corrected chi connectivity index (χ0v) is 13.6. The third-order valence-corrected chi connectivity index (χ3v) is 4.18. The molecule has 0 amide bonds. The van der Waals surface area contributed by atoms with Gasteiger partial charge in [0.05, 0.1) is 11.2 Å². The van der Waals surface area contributed by atoms with E-state index in [4.69, 9.17) is 11.6 Å². The Morgan fingerprint density at radius 1 is 1.14 bits per heavy atom. The first kappa shape index (κ1) is 14.8. The lowest BCUT2D eigenvalue weighted by Crippen LogP contribution is -2.25. The van der Waals surface area contributed by atoms with Crippen molar-refractivity contribution in [2.24, 2.45) is 0 Å². The van der Waals surface area contributed by atoms with Crippen LogP contribution in [0.25, 0.3) is 22.2 Å². The molecule has 3 rings (SSSR count). The molecule has 0 aliphatic heterocycles. The summed E-state index contributed by atoms with van der Waals surface area (Å²) >= 11 is 6.28. The first-order valence-electron chi connectivity index (χ1n) is 7.27. The molecule has 1 heterocycles. The van der Waals surface area contributed by atoms with Crippen LogP contribution in [0.2, 0.25) is 5.02 Å². The lowest BCUT2D eigenvalue weighted by atomic mass is 10.0. The number of fused-ring (bicyclic) bond motifs is 1. The molecule has 22 heavy (non-hydrogen) atoms. The lowest BCUT2D eigenvalue weighted by molar-refractivity contribution is 0.587. The van der Waals surface area contributed by atoms with Crippen molar-refractivity contribution in [2.45, 2.75) is 26.8 Å². The number of hydrogen-bond acceptors (Lipinski definition) is 2. The number of benzene rings is 2. The highest BCUT2D eigenvalue weighted by atomic mass is 35.5. The van der Waals surface area contributed by atoms with Crippen LogP contribution < -0.4 is 5.69 Å². The molecule has 0 N–H and O–H groups in total. The maximum Gasteiger partial charge on any atom is 0.348 e. The Morgan fingerprint density at radius 3 is 2.45 bits per heavy atom. The quantitative estimate of drug-likeness (QED) is 0.693. The first-order chi connectivity index (χ1) is 10.5. The highest BCUT2D eigenvalue weighted by Gasteiger charge is 2.15. The van der Waals surface area contributed by atoms with E-state index >= 15 is 0 Å². The van der Waals surface area contributed by atoms with Crippen LogP contribution in [0.4, 0.5) is 0 Å². The van der Waals surface area contributed by atoms with E-state index < -0.39 is 0 Å². The van der Waals surface area contributed by atoms with Gasteiger partial charge in [0.25, 0.3) is 0 Å². The summed E-state index contributed by atoms with van der Waals surface area (Å²) in [6.07, 6.45) is 0. The predicted molar refractivity (Wildman–Crippen MR) is 91.6 cm³/mol. The van der Waals surface area contributed by atoms with Crippen molar-refractivity contribution in [3.8, 4) is 11.3 Å². The van der Waals surface area contributed by atoms with Crippen LogP contribution >= 0.6 is 11.6 Å². The summed E-state index contributed by atoms with van der Waals surface area (Å²) < 4.78 is 1.69. The van der Waals surface area contributed by atoms with Crippen LogP contribution in [0.15, 0.2) is 47.3 Å². The fourth-order valence-corrected chi connectivity index (χ4v) is 2.85. The van der Waals surface area contributed by atoms with Gasteiger partial charge < -0.3 is 0 Å². The van der Waals surface area contributed by atoms with Gasteiger partial charge in [0, 0.05) is 22.0 Å². The molecular formula is C18H17ClN2O. The second-order valence-electron chi connectivity index (χ2n) is 5.69. The summed E-state index contributed by atoms with van der Waals surface area (Å²) in [4.78, 5) is 16.8. The molecule has 0 bridgehead atoms. The van der Waals surface area contributed by atoms with E-state index in [1.807, 2.05) is 63.2 Å². The molecule has 0 radical (unpaired) electrons. The molecule has 112 valence electrons. The standard InChI is InChI=1S/C18H17ClN2O/c1-11(2)21-16-10-15(19)12(3)9-14(16)17(20-18(21)22)13-7-5-4-6-8-13/h4-11H,1-3H3. The number of nitrogens with zero attached hydrogens (tertiary/aromatic N) is 2. The highest BCUT2D eigenvalue weighted by molar-refractivity contribution is 6.32. The van der Waals surface area contributed by atoms with Crippen LogP contribution in [0, 0.1) is 6.92 Å². The van der Waals surface area contributed by atoms with E-state index in [9.17, 15) is 4.79 Å². The van der Waals surface area contributed by atoms with E-state index in [2.05, 4.69) is 4.98 Å². The average Bonchev–Trinajstić information content (AvgIpc) is 2.49. The van der Waals surface area contributed by atoms with Crippen LogP contribution in [0.3, 0.4) is 0 Å². The van der Waals surface area contributed by atoms with Crippen LogP contribution in [0.5, 0.6) is 0 Å². The fraction of sp³-hybridized carbons (Fsp3) is 0.222. The molecular weight excluding hydrogens is 296 g/mol. The van der Waals surface area contributed by atoms with Gasteiger partial charge in [0.15, 0.2) is 0 Å². The van der Waals surface area contributed by atoms with E-state index in [0.29, 0.717) is 10.7 Å². The van der Waals surface area contributed by atoms with E-state index in [1.165, 1.54) is 0 Å². The molecule has 2 aromatic carbocycles. The molecule has 0 spiro atoms. The van der Waals surface area contributed by atoms with Crippen molar-refractivity contribution >= 4 is 22.5 Å². The monoisotopic (exact) mass is 312 g/mol. The molecule has 0 saturated heterocycles. The Kier molecular flexibility index (Phi) is 3.75. The zero-order chi connectivity index (χ0) is 15.9. The summed E-state index contributed by atoms with van der Waals surface area (Å²) in [5.41, 5.74) is 3.19. The van der Waals surface area contributed by atoms with Gasteiger partial charge in [-0.1, -0.05) is 41.9 Å². The number of aromatic nitrogens is 2. The molecule has 3 aromatic rings. The van der Waals surface area contributed by atoms with Crippen LogP contribution in [-0.4, -0.2) is 9.55 Å². The van der Waals surface area contributed by atoms with Gasteiger partial charge in [0.2, 0.25) is 0 Å². The largest absolute Gasteiger partial charge is 0.348 e. The second kappa shape index (κ2) is 5.58. The van der Waals surface area contributed by atoms with Gasteiger partial charge in [-0.25, -0.2) is 4.79 Å². The minimum absolute atomic E-state index is 0.0195. The Bertz CT molecular complexity index is 898. The van der Waals surface area contributed by atoms with Crippen molar-refractivity contribution in [1.29, 1.82) is 0 Å².